The van der Waals surface area contributed by atoms with Gasteiger partial charge in [-0.1, -0.05) is 30.0 Å². The molecule has 0 aliphatic rings. The summed E-state index contributed by atoms with van der Waals surface area (Å²) in [4.78, 5) is 0. The predicted molar refractivity (Wildman–Crippen MR) is 74.4 cm³/mol. The third-order valence-electron chi connectivity index (χ3n) is 2.37. The summed E-state index contributed by atoms with van der Waals surface area (Å²) < 4.78 is 4.19. The van der Waals surface area contributed by atoms with Gasteiger partial charge in [0.15, 0.2) is 4.34 Å². The molecular formula is C10H13BrN4S2. The van der Waals surface area contributed by atoms with Gasteiger partial charge in [0.25, 0.3) is 0 Å². The molecule has 0 spiro atoms. The van der Waals surface area contributed by atoms with Crippen molar-refractivity contribution in [2.45, 2.75) is 36.9 Å². The van der Waals surface area contributed by atoms with Crippen molar-refractivity contribution < 1.29 is 0 Å². The minimum Gasteiger partial charge on any atom is -0.268 e. The van der Waals surface area contributed by atoms with Gasteiger partial charge >= 0.3 is 0 Å². The van der Waals surface area contributed by atoms with E-state index in [0.29, 0.717) is 0 Å². The zero-order valence-electron chi connectivity index (χ0n) is 9.68. The van der Waals surface area contributed by atoms with E-state index in [1.54, 1.807) is 28.6 Å². The van der Waals surface area contributed by atoms with Crippen LogP contribution in [0, 0.1) is 0 Å². The number of hydrogen-bond donors (Lipinski definition) is 0. The Bertz CT molecular complexity index is 481. The molecular weight excluding hydrogens is 320 g/mol. The van der Waals surface area contributed by atoms with E-state index in [1.807, 2.05) is 0 Å². The number of aromatic nitrogens is 4. The van der Waals surface area contributed by atoms with Crippen LogP contribution < -0.4 is 0 Å². The fraction of sp³-hybridized carbons (Fsp3) is 0.500. The van der Waals surface area contributed by atoms with Crippen LogP contribution in [0.2, 0.25) is 0 Å². The van der Waals surface area contributed by atoms with Crippen molar-refractivity contribution >= 4 is 39.0 Å². The van der Waals surface area contributed by atoms with Gasteiger partial charge in [-0.3, -0.25) is 4.68 Å². The van der Waals surface area contributed by atoms with Crippen LogP contribution in [0.15, 0.2) is 14.3 Å². The quantitative estimate of drug-likeness (QED) is 0.787. The average Bonchev–Trinajstić information content (AvgIpc) is 2.94. The fourth-order valence-electron chi connectivity index (χ4n) is 1.51. The van der Waals surface area contributed by atoms with E-state index in [4.69, 9.17) is 0 Å². The van der Waals surface area contributed by atoms with Crippen molar-refractivity contribution in [2.75, 3.05) is 0 Å². The van der Waals surface area contributed by atoms with Crippen molar-refractivity contribution in [1.82, 2.24) is 20.0 Å². The number of nitrogens with zero attached hydrogens (tertiary/aromatic N) is 4. The molecule has 92 valence electrons. The number of aryl methyl sites for hydroxylation is 2. The lowest BCUT2D eigenvalue weighted by molar-refractivity contribution is 0.627. The van der Waals surface area contributed by atoms with Crippen LogP contribution in [0.4, 0.5) is 0 Å². The molecule has 0 radical (unpaired) electrons. The first kappa shape index (κ1) is 13.0. The molecule has 0 aliphatic carbocycles. The van der Waals surface area contributed by atoms with Gasteiger partial charge in [0.05, 0.1) is 15.9 Å². The van der Waals surface area contributed by atoms with Crippen LogP contribution in [0.3, 0.4) is 0 Å². The average molecular weight is 333 g/mol. The molecule has 2 aromatic heterocycles. The topological polar surface area (TPSA) is 43.6 Å². The molecule has 0 fully saturated rings. The van der Waals surface area contributed by atoms with E-state index in [-0.39, 0.29) is 0 Å². The Balaban J connectivity index is 2.16. The second-order valence-corrected chi connectivity index (χ2v) is 6.22. The minimum atomic E-state index is 0.872. The van der Waals surface area contributed by atoms with Crippen LogP contribution in [0.25, 0.3) is 0 Å². The lowest BCUT2D eigenvalue weighted by atomic mass is 10.3. The molecule has 0 amide bonds. The Kier molecular flexibility index (Phi) is 4.58. The van der Waals surface area contributed by atoms with Crippen molar-refractivity contribution in [2.24, 2.45) is 0 Å². The molecule has 2 rings (SSSR count). The lowest BCUT2D eigenvalue weighted by Gasteiger charge is -2.03. The Labute approximate surface area is 117 Å². The van der Waals surface area contributed by atoms with Gasteiger partial charge in [0.1, 0.15) is 5.51 Å². The molecule has 0 atom stereocenters. The highest BCUT2D eigenvalue weighted by Gasteiger charge is 2.14. The molecule has 0 N–H and O–H groups in total. The smallest absolute Gasteiger partial charge is 0.174 e. The Morgan fingerprint density at radius 1 is 1.47 bits per heavy atom. The Morgan fingerprint density at radius 2 is 2.29 bits per heavy atom. The standard InChI is InChI=1S/C10H13BrN4S2/c1-3-7-9(11)8(15(4-2)14-7)5-16-10-13-12-6-17-10/h6H,3-5H2,1-2H3. The van der Waals surface area contributed by atoms with E-state index in [9.17, 15) is 0 Å². The van der Waals surface area contributed by atoms with Crippen LogP contribution in [0.5, 0.6) is 0 Å². The molecule has 17 heavy (non-hydrogen) atoms. The summed E-state index contributed by atoms with van der Waals surface area (Å²) >= 11 is 6.91. The molecule has 2 aromatic rings. The van der Waals surface area contributed by atoms with Crippen LogP contribution in [0.1, 0.15) is 25.2 Å². The van der Waals surface area contributed by atoms with Gasteiger partial charge in [-0.05, 0) is 29.3 Å². The largest absolute Gasteiger partial charge is 0.268 e. The van der Waals surface area contributed by atoms with Gasteiger partial charge in [0, 0.05) is 12.3 Å². The SMILES string of the molecule is CCc1nn(CC)c(CSc2nncs2)c1Br. The van der Waals surface area contributed by atoms with Gasteiger partial charge in [-0.2, -0.15) is 5.10 Å². The zero-order valence-corrected chi connectivity index (χ0v) is 12.9. The van der Waals surface area contributed by atoms with E-state index in [1.165, 1.54) is 5.69 Å². The zero-order chi connectivity index (χ0) is 12.3. The normalized spacial score (nSPS) is 11.0. The second-order valence-electron chi connectivity index (χ2n) is 3.37. The molecule has 0 saturated heterocycles. The monoisotopic (exact) mass is 332 g/mol. The van der Waals surface area contributed by atoms with Crippen molar-refractivity contribution in [3.8, 4) is 0 Å². The van der Waals surface area contributed by atoms with Crippen LogP contribution in [-0.2, 0) is 18.7 Å². The molecule has 0 saturated carbocycles. The maximum Gasteiger partial charge on any atom is 0.174 e. The highest BCUT2D eigenvalue weighted by molar-refractivity contribution is 9.10. The molecule has 0 aliphatic heterocycles. The highest BCUT2D eigenvalue weighted by Crippen LogP contribution is 2.29. The summed E-state index contributed by atoms with van der Waals surface area (Å²) in [7, 11) is 0. The van der Waals surface area contributed by atoms with Gasteiger partial charge in [-0.25, -0.2) is 0 Å². The third kappa shape index (κ3) is 2.89. The first-order valence-corrected chi connectivity index (χ1v) is 8.05. The summed E-state index contributed by atoms with van der Waals surface area (Å²) in [6, 6.07) is 0. The van der Waals surface area contributed by atoms with Gasteiger partial charge in [-0.15, -0.1) is 10.2 Å². The second kappa shape index (κ2) is 5.97. The first-order valence-electron chi connectivity index (χ1n) is 5.39. The Hall–Kier alpha value is -0.400. The lowest BCUT2D eigenvalue weighted by Crippen LogP contribution is -2.01. The predicted octanol–water partition coefficient (Wildman–Crippen LogP) is 3.37. The maximum absolute atomic E-state index is 4.57. The molecule has 2 heterocycles. The number of rotatable bonds is 5. The number of hydrogen-bond acceptors (Lipinski definition) is 5. The third-order valence-corrected chi connectivity index (χ3v) is 5.15. The number of thioether (sulfide) groups is 1. The Morgan fingerprint density at radius 3 is 2.88 bits per heavy atom. The summed E-state index contributed by atoms with van der Waals surface area (Å²) in [5.41, 5.74) is 4.11. The van der Waals surface area contributed by atoms with Crippen molar-refractivity contribution in [3.05, 3.63) is 21.4 Å². The van der Waals surface area contributed by atoms with Crippen LogP contribution >= 0.6 is 39.0 Å². The van der Waals surface area contributed by atoms with Gasteiger partial charge < -0.3 is 0 Å². The van der Waals surface area contributed by atoms with Crippen LogP contribution in [-0.4, -0.2) is 20.0 Å². The van der Waals surface area contributed by atoms with Gasteiger partial charge in [0.2, 0.25) is 0 Å². The number of halogens is 1. The van der Waals surface area contributed by atoms with E-state index >= 15 is 0 Å². The summed E-state index contributed by atoms with van der Waals surface area (Å²) in [5.74, 6) is 0.872. The maximum atomic E-state index is 4.57. The van der Waals surface area contributed by atoms with Crippen molar-refractivity contribution in [1.29, 1.82) is 0 Å². The van der Waals surface area contributed by atoms with E-state index in [0.717, 1.165) is 33.2 Å². The summed E-state index contributed by atoms with van der Waals surface area (Å²) in [6.07, 6.45) is 0.948. The van der Waals surface area contributed by atoms with E-state index in [2.05, 4.69) is 49.8 Å². The summed E-state index contributed by atoms with van der Waals surface area (Å²) in [5, 5.41) is 12.4. The minimum absolute atomic E-state index is 0.872. The summed E-state index contributed by atoms with van der Waals surface area (Å²) in [6.45, 7) is 5.12. The molecule has 4 nitrogen and oxygen atoms in total. The molecule has 7 heteroatoms. The molecule has 0 unspecified atom stereocenters. The molecule has 0 aromatic carbocycles. The fourth-order valence-corrected chi connectivity index (χ4v) is 3.92. The first-order chi connectivity index (χ1) is 8.26. The highest BCUT2D eigenvalue weighted by atomic mass is 79.9. The van der Waals surface area contributed by atoms with E-state index < -0.39 is 0 Å². The molecule has 0 bridgehead atoms. The van der Waals surface area contributed by atoms with Crippen molar-refractivity contribution in [3.63, 3.8) is 0 Å².